The largest absolute Gasteiger partial charge is 0.502 e. The van der Waals surface area contributed by atoms with Gasteiger partial charge in [-0.1, -0.05) is 72.3 Å². The minimum atomic E-state index is -1.43. The monoisotopic (exact) mass is 750 g/mol. The Labute approximate surface area is 325 Å². The Morgan fingerprint density at radius 1 is 0.768 bits per heavy atom. The molecule has 10 heteroatoms. The lowest BCUT2D eigenvalue weighted by atomic mass is 9.44. The molecule has 56 heavy (non-hydrogen) atoms. The van der Waals surface area contributed by atoms with Crippen molar-refractivity contribution in [2.45, 2.75) is 24.2 Å². The molecule has 6 atom stereocenters. The molecule has 4 aromatic carbocycles. The minimum Gasteiger partial charge on any atom is -0.502 e. The molecule has 3 fully saturated rings. The summed E-state index contributed by atoms with van der Waals surface area (Å²) in [6, 6.07) is 29.5. The van der Waals surface area contributed by atoms with Crippen LogP contribution in [0, 0.1) is 23.7 Å². The number of hydrogen-bond acceptors (Lipinski definition) is 9. The lowest BCUT2D eigenvalue weighted by Crippen LogP contribution is -2.58. The number of imide groups is 1. The standard InChI is InChI=1S/C46H42N2O8/c1-54-37-23-28(24-38(55-2)43(37)51)41-32-17-18-33-40(45(53)48(44(33)52)31-15-13-30(14-16-31)47-19-21-56-22-20-47)35(32)25-36-42(50)34(27-9-5-3-6-10-27)26-39(49)46(36,41)29-11-7-4-8-12-29/h3-17,23-24,26,33,35-36,40-41,51H,18-22,25H2,1-2H3. The molecule has 10 nitrogen and oxygen atoms in total. The molecule has 2 amide bonds. The zero-order chi connectivity index (χ0) is 38.7. The maximum Gasteiger partial charge on any atom is 0.238 e. The van der Waals surface area contributed by atoms with Crippen molar-refractivity contribution < 1.29 is 38.5 Å². The highest BCUT2D eigenvalue weighted by molar-refractivity contribution is 6.32. The number of hydrogen-bond donors (Lipinski definition) is 1. The second-order valence-electron chi connectivity index (χ2n) is 15.2. The van der Waals surface area contributed by atoms with Crippen molar-refractivity contribution in [3.63, 3.8) is 0 Å². The van der Waals surface area contributed by atoms with Crippen LogP contribution in [-0.4, -0.2) is 69.0 Å². The Morgan fingerprint density at radius 2 is 1.39 bits per heavy atom. The molecule has 2 aliphatic heterocycles. The predicted molar refractivity (Wildman–Crippen MR) is 210 cm³/mol. The highest BCUT2D eigenvalue weighted by atomic mass is 16.5. The third-order valence-electron chi connectivity index (χ3n) is 12.7. The highest BCUT2D eigenvalue weighted by Gasteiger charge is 2.66. The molecule has 2 heterocycles. The normalized spacial score (nSPS) is 27.2. The van der Waals surface area contributed by atoms with Gasteiger partial charge in [-0.05, 0) is 77.9 Å². The van der Waals surface area contributed by atoms with Gasteiger partial charge in [-0.25, -0.2) is 0 Å². The van der Waals surface area contributed by atoms with E-state index < -0.39 is 35.0 Å². The van der Waals surface area contributed by atoms with Gasteiger partial charge >= 0.3 is 0 Å². The van der Waals surface area contributed by atoms with E-state index in [0.29, 0.717) is 41.2 Å². The molecule has 4 aromatic rings. The van der Waals surface area contributed by atoms with Gasteiger partial charge in [-0.3, -0.25) is 24.1 Å². The molecule has 1 N–H and O–H groups in total. The summed E-state index contributed by atoms with van der Waals surface area (Å²) in [4.78, 5) is 63.3. The fourth-order valence-corrected chi connectivity index (χ4v) is 10.2. The number of anilines is 2. The molecule has 284 valence electrons. The molecular formula is C46H42N2O8. The number of allylic oxidation sites excluding steroid dienone is 4. The Bertz CT molecular complexity index is 2270. The molecule has 2 saturated heterocycles. The Kier molecular flexibility index (Phi) is 8.88. The van der Waals surface area contributed by atoms with Crippen LogP contribution in [0.4, 0.5) is 11.4 Å². The van der Waals surface area contributed by atoms with Crippen molar-refractivity contribution in [3.05, 3.63) is 131 Å². The topological polar surface area (TPSA) is 123 Å². The number of carbonyl (C=O) groups is 4. The first-order valence-electron chi connectivity index (χ1n) is 19.1. The van der Waals surface area contributed by atoms with Gasteiger partial charge in [0, 0.05) is 36.2 Å². The van der Waals surface area contributed by atoms with E-state index in [9.17, 15) is 14.7 Å². The van der Waals surface area contributed by atoms with Crippen molar-refractivity contribution in [3.8, 4) is 17.2 Å². The SMILES string of the molecule is COc1cc(C2C3=CCC4C(=O)N(c5ccc(N6CCOCC6)cc5)C(=O)C4C3CC3C(=O)C(c4ccccc4)=CC(=O)C32c2ccccc2)cc(OC)c1O. The van der Waals surface area contributed by atoms with E-state index in [-0.39, 0.29) is 53.5 Å². The van der Waals surface area contributed by atoms with Crippen LogP contribution >= 0.6 is 0 Å². The average Bonchev–Trinajstić information content (AvgIpc) is 3.51. The summed E-state index contributed by atoms with van der Waals surface area (Å²) in [5, 5.41) is 11.0. The Balaban J connectivity index is 1.21. The van der Waals surface area contributed by atoms with Crippen LogP contribution in [0.1, 0.15) is 35.4 Å². The molecule has 0 aromatic heterocycles. The minimum absolute atomic E-state index is 0.143. The average molecular weight is 751 g/mol. The first-order chi connectivity index (χ1) is 27.3. The first-order valence-corrected chi connectivity index (χ1v) is 19.1. The number of amides is 2. The maximum atomic E-state index is 15.3. The molecule has 0 radical (unpaired) electrons. The van der Waals surface area contributed by atoms with Gasteiger partial charge in [-0.2, -0.15) is 0 Å². The molecule has 0 spiro atoms. The fraction of sp³-hybridized carbons (Fsp3) is 0.304. The van der Waals surface area contributed by atoms with Crippen molar-refractivity contribution in [2.75, 3.05) is 50.3 Å². The molecule has 5 aliphatic rings. The number of rotatable bonds is 7. The van der Waals surface area contributed by atoms with Crippen LogP contribution in [0.2, 0.25) is 0 Å². The first kappa shape index (κ1) is 35.7. The van der Waals surface area contributed by atoms with Crippen molar-refractivity contribution in [2.24, 2.45) is 23.7 Å². The van der Waals surface area contributed by atoms with Gasteiger partial charge in [0.15, 0.2) is 23.1 Å². The number of phenolic OH excluding ortho intramolecular Hbond substituents is 1. The molecule has 0 bridgehead atoms. The number of phenols is 1. The third kappa shape index (κ3) is 5.33. The number of morpholine rings is 1. The zero-order valence-corrected chi connectivity index (χ0v) is 31.2. The van der Waals surface area contributed by atoms with Gasteiger partial charge < -0.3 is 24.2 Å². The maximum absolute atomic E-state index is 15.3. The number of benzene rings is 4. The van der Waals surface area contributed by atoms with Gasteiger partial charge in [0.1, 0.15) is 0 Å². The summed E-state index contributed by atoms with van der Waals surface area (Å²) in [6.07, 6.45) is 3.98. The molecule has 3 aliphatic carbocycles. The van der Waals surface area contributed by atoms with Crippen molar-refractivity contribution >= 4 is 40.3 Å². The number of fused-ring (bicyclic) bond motifs is 4. The van der Waals surface area contributed by atoms with Crippen LogP contribution < -0.4 is 19.3 Å². The van der Waals surface area contributed by atoms with Gasteiger partial charge in [0.05, 0.1) is 50.4 Å². The molecular weight excluding hydrogens is 709 g/mol. The van der Waals surface area contributed by atoms with Crippen molar-refractivity contribution in [1.29, 1.82) is 0 Å². The van der Waals surface area contributed by atoms with Crippen LogP contribution in [0.5, 0.6) is 17.2 Å². The van der Waals surface area contributed by atoms with E-state index in [1.807, 2.05) is 91.0 Å². The number of nitrogens with zero attached hydrogens (tertiary/aromatic N) is 2. The summed E-state index contributed by atoms with van der Waals surface area (Å²) in [7, 11) is 2.88. The van der Waals surface area contributed by atoms with Gasteiger partial charge in [0.25, 0.3) is 0 Å². The predicted octanol–water partition coefficient (Wildman–Crippen LogP) is 6.28. The number of Topliss-reactive ketones (excluding diaryl/α,β-unsaturated/α-hetero) is 1. The zero-order valence-electron chi connectivity index (χ0n) is 31.2. The van der Waals surface area contributed by atoms with E-state index >= 15 is 9.59 Å². The second-order valence-corrected chi connectivity index (χ2v) is 15.2. The Hall–Kier alpha value is -6.00. The third-order valence-corrected chi connectivity index (χ3v) is 12.7. The van der Waals surface area contributed by atoms with Crippen molar-refractivity contribution in [1.82, 2.24) is 0 Å². The highest BCUT2D eigenvalue weighted by Crippen LogP contribution is 2.64. The summed E-state index contributed by atoms with van der Waals surface area (Å²) < 4.78 is 16.8. The van der Waals surface area contributed by atoms with E-state index in [1.165, 1.54) is 25.2 Å². The van der Waals surface area contributed by atoms with Crippen LogP contribution in [0.25, 0.3) is 5.57 Å². The molecule has 1 saturated carbocycles. The lowest BCUT2D eigenvalue weighted by Gasteiger charge is -2.55. The lowest BCUT2D eigenvalue weighted by molar-refractivity contribution is -0.135. The number of aromatic hydroxyl groups is 1. The van der Waals surface area contributed by atoms with Crippen LogP contribution in [0.3, 0.4) is 0 Å². The Morgan fingerprint density at radius 3 is 2.04 bits per heavy atom. The van der Waals surface area contributed by atoms with E-state index in [1.54, 1.807) is 12.1 Å². The van der Waals surface area contributed by atoms with Crippen LogP contribution in [-0.2, 0) is 29.3 Å². The number of ether oxygens (including phenoxy) is 3. The van der Waals surface area contributed by atoms with E-state index in [2.05, 4.69) is 4.90 Å². The van der Waals surface area contributed by atoms with E-state index in [4.69, 9.17) is 14.2 Å². The van der Waals surface area contributed by atoms with Gasteiger partial charge in [0.2, 0.25) is 17.6 Å². The number of ketones is 2. The summed E-state index contributed by atoms with van der Waals surface area (Å²) in [5.41, 5.74) is 3.09. The number of carbonyl (C=O) groups excluding carboxylic acids is 4. The summed E-state index contributed by atoms with van der Waals surface area (Å²) in [5.74, 6) is -4.55. The number of methoxy groups -OCH3 is 2. The summed E-state index contributed by atoms with van der Waals surface area (Å²) in [6.45, 7) is 2.79. The van der Waals surface area contributed by atoms with Gasteiger partial charge in [-0.15, -0.1) is 0 Å². The molecule has 9 rings (SSSR count). The smallest absolute Gasteiger partial charge is 0.238 e. The van der Waals surface area contributed by atoms with Crippen LogP contribution in [0.15, 0.2) is 115 Å². The van der Waals surface area contributed by atoms with E-state index in [0.717, 1.165) is 24.4 Å². The molecule has 6 unspecified atom stereocenters. The fourth-order valence-electron chi connectivity index (χ4n) is 10.2. The summed E-state index contributed by atoms with van der Waals surface area (Å²) >= 11 is 0. The second kappa shape index (κ2) is 13.9. The quantitative estimate of drug-likeness (QED) is 0.172.